The molecule has 0 amide bonds. The Kier molecular flexibility index (Phi) is 4.80. The van der Waals surface area contributed by atoms with E-state index in [9.17, 15) is 4.79 Å². The number of ether oxygens (including phenoxy) is 2. The van der Waals surface area contributed by atoms with Crippen LogP contribution in [0.4, 0.5) is 5.69 Å². The maximum atomic E-state index is 12.0. The summed E-state index contributed by atoms with van der Waals surface area (Å²) in [6.07, 6.45) is 1.98. The number of anilines is 1. The number of hydrogen-bond acceptors (Lipinski definition) is 4. The second kappa shape index (κ2) is 6.57. The molecular weight excluding hydrogens is 242 g/mol. The maximum Gasteiger partial charge on any atom is 0.328 e. The highest BCUT2D eigenvalue weighted by atomic mass is 16.5. The van der Waals surface area contributed by atoms with Gasteiger partial charge in [0.25, 0.3) is 0 Å². The monoisotopic (exact) mass is 263 g/mol. The van der Waals surface area contributed by atoms with E-state index in [0.29, 0.717) is 6.61 Å². The van der Waals surface area contributed by atoms with Crippen LogP contribution in [0.2, 0.25) is 0 Å². The van der Waals surface area contributed by atoms with Gasteiger partial charge >= 0.3 is 5.97 Å². The highest BCUT2D eigenvalue weighted by molar-refractivity contribution is 5.79. The van der Waals surface area contributed by atoms with E-state index in [1.165, 1.54) is 7.11 Å². The molecule has 0 spiro atoms. The summed E-state index contributed by atoms with van der Waals surface area (Å²) >= 11 is 0. The molecule has 0 saturated carbocycles. The van der Waals surface area contributed by atoms with Crippen LogP contribution in [-0.2, 0) is 14.3 Å². The molecule has 4 nitrogen and oxygen atoms in total. The van der Waals surface area contributed by atoms with E-state index in [-0.39, 0.29) is 17.9 Å². The standard InChI is InChI=1S/C15H21NO3/c1-11-5-3-7-13(9-11)16-14(15(17)18-2)12-6-4-8-19-10-12/h3,5,7,9,12,14,16H,4,6,8,10H2,1-2H3. The minimum Gasteiger partial charge on any atom is -0.467 e. The van der Waals surface area contributed by atoms with Gasteiger partial charge in [-0.2, -0.15) is 0 Å². The maximum absolute atomic E-state index is 12.0. The summed E-state index contributed by atoms with van der Waals surface area (Å²) in [7, 11) is 1.43. The molecule has 0 aliphatic carbocycles. The molecule has 1 aliphatic rings. The van der Waals surface area contributed by atoms with Crippen LogP contribution in [0.1, 0.15) is 18.4 Å². The molecular formula is C15H21NO3. The minimum atomic E-state index is -0.341. The Morgan fingerprint density at radius 3 is 3.00 bits per heavy atom. The predicted molar refractivity (Wildman–Crippen MR) is 74.1 cm³/mol. The van der Waals surface area contributed by atoms with Gasteiger partial charge in [-0.3, -0.25) is 0 Å². The lowest BCUT2D eigenvalue weighted by atomic mass is 9.93. The quantitative estimate of drug-likeness (QED) is 0.847. The fourth-order valence-corrected chi connectivity index (χ4v) is 2.44. The largest absolute Gasteiger partial charge is 0.467 e. The number of methoxy groups -OCH3 is 1. The third-order valence-electron chi connectivity index (χ3n) is 3.46. The average Bonchev–Trinajstić information content (AvgIpc) is 2.45. The first-order chi connectivity index (χ1) is 9.20. The molecule has 1 aromatic carbocycles. The van der Waals surface area contributed by atoms with Crippen molar-refractivity contribution in [3.8, 4) is 0 Å². The van der Waals surface area contributed by atoms with Crippen LogP contribution >= 0.6 is 0 Å². The van der Waals surface area contributed by atoms with Gasteiger partial charge in [0.1, 0.15) is 6.04 Å². The summed E-state index contributed by atoms with van der Waals surface area (Å²) in [5.41, 5.74) is 2.11. The second-order valence-electron chi connectivity index (χ2n) is 4.99. The second-order valence-corrected chi connectivity index (χ2v) is 4.99. The van der Waals surface area contributed by atoms with Crippen molar-refractivity contribution in [3.63, 3.8) is 0 Å². The third-order valence-corrected chi connectivity index (χ3v) is 3.46. The first-order valence-corrected chi connectivity index (χ1v) is 6.69. The van der Waals surface area contributed by atoms with Crippen LogP contribution in [0.5, 0.6) is 0 Å². The molecule has 2 rings (SSSR count). The molecule has 2 unspecified atom stereocenters. The van der Waals surface area contributed by atoms with Crippen molar-refractivity contribution < 1.29 is 14.3 Å². The zero-order valence-corrected chi connectivity index (χ0v) is 11.5. The Morgan fingerprint density at radius 1 is 1.53 bits per heavy atom. The number of esters is 1. The first kappa shape index (κ1) is 13.9. The molecule has 1 heterocycles. The lowest BCUT2D eigenvalue weighted by Crippen LogP contribution is -2.41. The van der Waals surface area contributed by atoms with E-state index < -0.39 is 0 Å². The summed E-state index contributed by atoms with van der Waals surface area (Å²) in [6, 6.07) is 7.66. The summed E-state index contributed by atoms with van der Waals surface area (Å²) < 4.78 is 10.4. The molecule has 1 saturated heterocycles. The van der Waals surface area contributed by atoms with E-state index >= 15 is 0 Å². The molecule has 4 heteroatoms. The zero-order chi connectivity index (χ0) is 13.7. The Morgan fingerprint density at radius 2 is 2.37 bits per heavy atom. The Bertz CT molecular complexity index is 427. The Hall–Kier alpha value is -1.55. The topological polar surface area (TPSA) is 47.6 Å². The molecule has 19 heavy (non-hydrogen) atoms. The molecule has 1 aliphatic heterocycles. The molecule has 1 fully saturated rings. The van der Waals surface area contributed by atoms with E-state index in [4.69, 9.17) is 9.47 Å². The highest BCUT2D eigenvalue weighted by Crippen LogP contribution is 2.22. The van der Waals surface area contributed by atoms with E-state index in [0.717, 1.165) is 30.7 Å². The SMILES string of the molecule is COC(=O)C(Nc1cccc(C)c1)C1CCCOC1. The average molecular weight is 263 g/mol. The predicted octanol–water partition coefficient (Wildman–Crippen LogP) is 2.38. The third kappa shape index (κ3) is 3.70. The van der Waals surface area contributed by atoms with Gasteiger partial charge < -0.3 is 14.8 Å². The van der Waals surface area contributed by atoms with Crippen LogP contribution < -0.4 is 5.32 Å². The van der Waals surface area contributed by atoms with Crippen molar-refractivity contribution in [2.75, 3.05) is 25.6 Å². The van der Waals surface area contributed by atoms with Crippen molar-refractivity contribution in [2.24, 2.45) is 5.92 Å². The fourth-order valence-electron chi connectivity index (χ4n) is 2.44. The highest BCUT2D eigenvalue weighted by Gasteiger charge is 2.30. The van der Waals surface area contributed by atoms with Gasteiger partial charge in [-0.05, 0) is 37.5 Å². The van der Waals surface area contributed by atoms with E-state index in [1.54, 1.807) is 0 Å². The molecule has 0 radical (unpaired) electrons. The van der Waals surface area contributed by atoms with Gasteiger partial charge in [0, 0.05) is 18.2 Å². The van der Waals surface area contributed by atoms with Crippen LogP contribution in [-0.4, -0.2) is 32.3 Å². The smallest absolute Gasteiger partial charge is 0.328 e. The lowest BCUT2D eigenvalue weighted by molar-refractivity contribution is -0.144. The number of hydrogen-bond donors (Lipinski definition) is 1. The summed E-state index contributed by atoms with van der Waals surface area (Å²) in [5.74, 6) is -0.0567. The van der Waals surface area contributed by atoms with Gasteiger partial charge in [-0.1, -0.05) is 12.1 Å². The number of carbonyl (C=O) groups is 1. The summed E-state index contributed by atoms with van der Waals surface area (Å²) in [5, 5.41) is 3.29. The van der Waals surface area contributed by atoms with Crippen LogP contribution in [0, 0.1) is 12.8 Å². The fraction of sp³-hybridized carbons (Fsp3) is 0.533. The zero-order valence-electron chi connectivity index (χ0n) is 11.5. The van der Waals surface area contributed by atoms with E-state index in [1.807, 2.05) is 31.2 Å². The Labute approximate surface area is 114 Å². The minimum absolute atomic E-state index is 0.168. The molecule has 1 aromatic rings. The van der Waals surface area contributed by atoms with Crippen molar-refractivity contribution in [1.82, 2.24) is 0 Å². The van der Waals surface area contributed by atoms with Gasteiger partial charge in [0.2, 0.25) is 0 Å². The van der Waals surface area contributed by atoms with Crippen molar-refractivity contribution in [3.05, 3.63) is 29.8 Å². The van der Waals surface area contributed by atoms with Gasteiger partial charge in [-0.15, -0.1) is 0 Å². The summed E-state index contributed by atoms with van der Waals surface area (Å²) in [4.78, 5) is 12.0. The molecule has 1 N–H and O–H groups in total. The van der Waals surface area contributed by atoms with Gasteiger partial charge in [0.15, 0.2) is 0 Å². The van der Waals surface area contributed by atoms with Crippen molar-refractivity contribution in [1.29, 1.82) is 0 Å². The number of benzene rings is 1. The van der Waals surface area contributed by atoms with Gasteiger partial charge in [-0.25, -0.2) is 4.79 Å². The van der Waals surface area contributed by atoms with Gasteiger partial charge in [0.05, 0.1) is 13.7 Å². The number of carbonyl (C=O) groups excluding carboxylic acids is 1. The lowest BCUT2D eigenvalue weighted by Gasteiger charge is -2.29. The van der Waals surface area contributed by atoms with E-state index in [2.05, 4.69) is 5.32 Å². The van der Waals surface area contributed by atoms with Crippen LogP contribution in [0.3, 0.4) is 0 Å². The summed E-state index contributed by atoms with van der Waals surface area (Å²) in [6.45, 7) is 3.43. The van der Waals surface area contributed by atoms with Crippen molar-refractivity contribution >= 4 is 11.7 Å². The number of nitrogens with one attached hydrogen (secondary N) is 1. The number of rotatable bonds is 4. The molecule has 2 atom stereocenters. The van der Waals surface area contributed by atoms with Crippen molar-refractivity contribution in [2.45, 2.75) is 25.8 Å². The normalized spacial score (nSPS) is 20.6. The number of aryl methyl sites for hydroxylation is 1. The molecule has 0 bridgehead atoms. The molecule has 0 aromatic heterocycles. The Balaban J connectivity index is 2.11. The van der Waals surface area contributed by atoms with Crippen LogP contribution in [0.25, 0.3) is 0 Å². The first-order valence-electron chi connectivity index (χ1n) is 6.69. The van der Waals surface area contributed by atoms with Crippen LogP contribution in [0.15, 0.2) is 24.3 Å². The molecule has 104 valence electrons.